The first-order valence-electron chi connectivity index (χ1n) is 13.0. The van der Waals surface area contributed by atoms with Crippen molar-refractivity contribution in [3.63, 3.8) is 0 Å². The molecule has 8 heteroatoms. The summed E-state index contributed by atoms with van der Waals surface area (Å²) in [6.07, 6.45) is 1.64. The van der Waals surface area contributed by atoms with Gasteiger partial charge in [-0.3, -0.25) is 0 Å². The third kappa shape index (κ3) is 9.15. The molecule has 0 N–H and O–H groups in total. The van der Waals surface area contributed by atoms with Crippen molar-refractivity contribution in [2.24, 2.45) is 5.16 Å². The van der Waals surface area contributed by atoms with E-state index in [0.29, 0.717) is 17.1 Å². The van der Waals surface area contributed by atoms with Gasteiger partial charge in [0.25, 0.3) is 0 Å². The Morgan fingerprint density at radius 1 is 0.800 bits per heavy atom. The summed E-state index contributed by atoms with van der Waals surface area (Å²) >= 11 is 0. The zero-order chi connectivity index (χ0) is 29.3. The molecule has 0 aliphatic carbocycles. The van der Waals surface area contributed by atoms with E-state index >= 15 is 0 Å². The molecular weight excluding hydrogens is 510 g/mol. The van der Waals surface area contributed by atoms with Crippen molar-refractivity contribution in [2.75, 3.05) is 20.3 Å². The molecule has 212 valence electrons. The largest absolute Gasteiger partial charge is 0.497 e. The van der Waals surface area contributed by atoms with Gasteiger partial charge in [0.1, 0.15) is 35.0 Å². The summed E-state index contributed by atoms with van der Waals surface area (Å²) in [6.45, 7) is 12.1. The molecule has 0 bridgehead atoms. The van der Waals surface area contributed by atoms with Crippen LogP contribution in [0.1, 0.15) is 73.4 Å². The summed E-state index contributed by atoms with van der Waals surface area (Å²) in [5.41, 5.74) is 1.92. The summed E-state index contributed by atoms with van der Waals surface area (Å²) < 4.78 is 21.9. The van der Waals surface area contributed by atoms with Gasteiger partial charge in [0.2, 0.25) is 0 Å². The highest BCUT2D eigenvalue weighted by Crippen LogP contribution is 2.28. The van der Waals surface area contributed by atoms with Crippen LogP contribution in [0.2, 0.25) is 0 Å². The summed E-state index contributed by atoms with van der Waals surface area (Å²) in [5.74, 6) is -0.255. The molecule has 0 saturated heterocycles. The van der Waals surface area contributed by atoms with Gasteiger partial charge in [0.05, 0.1) is 18.9 Å². The maximum Gasteiger partial charge on any atom is 0.343 e. The van der Waals surface area contributed by atoms with Gasteiger partial charge in [-0.2, -0.15) is 0 Å². The normalized spacial score (nSPS) is 11.7. The second-order valence-corrected chi connectivity index (χ2v) is 11.1. The standard InChI is InChI=1S/C32H37NO7/c1-31(2,3)24-12-8-22(9-13-24)21-33-38-19-18-37-26-16-17-27(30(35)40-32(4,5)6)28(20-26)39-29(34)23-10-14-25(36-7)15-11-23/h8-17,20-21H,18-19H2,1-7H3. The van der Waals surface area contributed by atoms with E-state index in [2.05, 4.69) is 38.1 Å². The molecule has 0 unspecified atom stereocenters. The van der Waals surface area contributed by atoms with E-state index in [1.165, 1.54) is 24.8 Å². The predicted molar refractivity (Wildman–Crippen MR) is 154 cm³/mol. The lowest BCUT2D eigenvalue weighted by Gasteiger charge is -2.20. The maximum absolute atomic E-state index is 12.8. The number of methoxy groups -OCH3 is 1. The van der Waals surface area contributed by atoms with Crippen molar-refractivity contribution in [1.29, 1.82) is 0 Å². The quantitative estimate of drug-likeness (QED) is 0.0929. The Bertz CT molecular complexity index is 1320. The van der Waals surface area contributed by atoms with Gasteiger partial charge in [-0.1, -0.05) is 50.2 Å². The smallest absolute Gasteiger partial charge is 0.343 e. The van der Waals surface area contributed by atoms with E-state index in [9.17, 15) is 9.59 Å². The van der Waals surface area contributed by atoms with E-state index in [0.717, 1.165) is 5.56 Å². The SMILES string of the molecule is COc1ccc(C(=O)Oc2cc(OCCON=Cc3ccc(C(C)(C)C)cc3)ccc2C(=O)OC(C)(C)C)cc1. The first-order chi connectivity index (χ1) is 18.9. The first-order valence-corrected chi connectivity index (χ1v) is 13.0. The molecule has 0 radical (unpaired) electrons. The monoisotopic (exact) mass is 547 g/mol. The van der Waals surface area contributed by atoms with E-state index in [4.69, 9.17) is 23.8 Å². The number of esters is 2. The maximum atomic E-state index is 12.8. The van der Waals surface area contributed by atoms with E-state index in [1.54, 1.807) is 57.3 Å². The predicted octanol–water partition coefficient (Wildman–Crippen LogP) is 6.60. The van der Waals surface area contributed by atoms with Gasteiger partial charge in [-0.05, 0) is 73.7 Å². The van der Waals surface area contributed by atoms with Gasteiger partial charge < -0.3 is 23.8 Å². The zero-order valence-corrected chi connectivity index (χ0v) is 24.1. The van der Waals surface area contributed by atoms with Crippen molar-refractivity contribution >= 4 is 18.2 Å². The van der Waals surface area contributed by atoms with Crippen LogP contribution in [0.25, 0.3) is 0 Å². The number of rotatable bonds is 10. The van der Waals surface area contributed by atoms with Crippen LogP contribution in [-0.2, 0) is 15.0 Å². The lowest BCUT2D eigenvalue weighted by molar-refractivity contribution is 0.00667. The van der Waals surface area contributed by atoms with Gasteiger partial charge in [0.15, 0.2) is 6.61 Å². The molecule has 40 heavy (non-hydrogen) atoms. The Balaban J connectivity index is 1.64. The Labute approximate surface area is 235 Å². The number of hydrogen-bond donors (Lipinski definition) is 0. The summed E-state index contributed by atoms with van der Waals surface area (Å²) in [4.78, 5) is 30.9. The molecule has 3 aromatic carbocycles. The van der Waals surface area contributed by atoms with Gasteiger partial charge in [-0.25, -0.2) is 9.59 Å². The van der Waals surface area contributed by atoms with Crippen LogP contribution in [0.15, 0.2) is 71.9 Å². The number of oxime groups is 1. The van der Waals surface area contributed by atoms with Crippen molar-refractivity contribution < 1.29 is 33.4 Å². The van der Waals surface area contributed by atoms with Crippen LogP contribution in [0, 0.1) is 0 Å². The highest BCUT2D eigenvalue weighted by Gasteiger charge is 2.23. The minimum atomic E-state index is -0.726. The van der Waals surface area contributed by atoms with E-state index in [-0.39, 0.29) is 29.9 Å². The van der Waals surface area contributed by atoms with E-state index < -0.39 is 17.5 Å². The minimum absolute atomic E-state index is 0.0187. The molecule has 0 spiro atoms. The molecule has 0 aliphatic rings. The molecule has 0 fully saturated rings. The molecule has 8 nitrogen and oxygen atoms in total. The van der Waals surface area contributed by atoms with Crippen LogP contribution < -0.4 is 14.2 Å². The number of carbonyl (C=O) groups is 2. The topological polar surface area (TPSA) is 92.7 Å². The van der Waals surface area contributed by atoms with Crippen molar-refractivity contribution in [3.05, 3.63) is 89.0 Å². The zero-order valence-electron chi connectivity index (χ0n) is 24.1. The Hall–Kier alpha value is -4.33. The number of carbonyl (C=O) groups excluding carboxylic acids is 2. The summed E-state index contributed by atoms with van der Waals surface area (Å²) in [7, 11) is 1.54. The molecule has 0 aliphatic heterocycles. The lowest BCUT2D eigenvalue weighted by Crippen LogP contribution is -2.24. The van der Waals surface area contributed by atoms with Crippen LogP contribution in [0.5, 0.6) is 17.2 Å². The number of benzene rings is 3. The summed E-state index contributed by atoms with van der Waals surface area (Å²) in [6, 6.07) is 19.1. The van der Waals surface area contributed by atoms with Crippen molar-refractivity contribution in [3.8, 4) is 17.2 Å². The molecule has 0 atom stereocenters. The molecule has 0 aromatic heterocycles. The van der Waals surface area contributed by atoms with Crippen LogP contribution in [0.3, 0.4) is 0 Å². The molecule has 0 heterocycles. The fourth-order valence-corrected chi connectivity index (χ4v) is 3.48. The van der Waals surface area contributed by atoms with Crippen molar-refractivity contribution in [1.82, 2.24) is 0 Å². The van der Waals surface area contributed by atoms with Crippen LogP contribution in [-0.4, -0.2) is 44.1 Å². The van der Waals surface area contributed by atoms with Gasteiger partial charge in [-0.15, -0.1) is 0 Å². The van der Waals surface area contributed by atoms with Crippen LogP contribution in [0.4, 0.5) is 0 Å². The number of ether oxygens (including phenoxy) is 4. The lowest BCUT2D eigenvalue weighted by atomic mass is 9.87. The van der Waals surface area contributed by atoms with Gasteiger partial charge in [0, 0.05) is 6.07 Å². The minimum Gasteiger partial charge on any atom is -0.497 e. The second-order valence-electron chi connectivity index (χ2n) is 11.1. The molecule has 0 amide bonds. The third-order valence-electron chi connectivity index (χ3n) is 5.60. The first kappa shape index (κ1) is 30.2. The average molecular weight is 548 g/mol. The average Bonchev–Trinajstić information content (AvgIpc) is 2.89. The Kier molecular flexibility index (Phi) is 9.93. The third-order valence-corrected chi connectivity index (χ3v) is 5.60. The fraction of sp³-hybridized carbons (Fsp3) is 0.344. The van der Waals surface area contributed by atoms with Gasteiger partial charge >= 0.3 is 11.9 Å². The fourth-order valence-electron chi connectivity index (χ4n) is 3.48. The summed E-state index contributed by atoms with van der Waals surface area (Å²) in [5, 5.41) is 3.99. The van der Waals surface area contributed by atoms with E-state index in [1.807, 2.05) is 12.1 Å². The number of hydrogen-bond acceptors (Lipinski definition) is 8. The molecule has 3 aromatic rings. The highest BCUT2D eigenvalue weighted by molar-refractivity contribution is 5.96. The number of nitrogens with zero attached hydrogens (tertiary/aromatic N) is 1. The molecule has 3 rings (SSSR count). The highest BCUT2D eigenvalue weighted by atomic mass is 16.6. The second kappa shape index (κ2) is 13.2. The molecule has 0 saturated carbocycles. The van der Waals surface area contributed by atoms with Crippen molar-refractivity contribution in [2.45, 2.75) is 52.6 Å². The van der Waals surface area contributed by atoms with Crippen LogP contribution >= 0.6 is 0 Å². The Morgan fingerprint density at radius 3 is 2.05 bits per heavy atom. The molecular formula is C32H37NO7. The Morgan fingerprint density at radius 2 is 1.45 bits per heavy atom.